The zero-order valence-electron chi connectivity index (χ0n) is 10.6. The number of hydrogen-bond acceptors (Lipinski definition) is 1. The van der Waals surface area contributed by atoms with Crippen LogP contribution in [0.4, 0.5) is 4.39 Å². The van der Waals surface area contributed by atoms with Gasteiger partial charge >= 0.3 is 0 Å². The topological polar surface area (TPSA) is 17.1 Å². The van der Waals surface area contributed by atoms with Crippen molar-refractivity contribution in [1.82, 2.24) is 0 Å². The zero-order valence-corrected chi connectivity index (χ0v) is 12.2. The molecule has 0 aromatic heterocycles. The number of carbonyl (C=O) groups is 1. The van der Waals surface area contributed by atoms with E-state index in [1.54, 1.807) is 18.2 Å². The third-order valence-corrected chi connectivity index (χ3v) is 3.34. The van der Waals surface area contributed by atoms with Crippen LogP contribution in [0.3, 0.4) is 0 Å². The van der Waals surface area contributed by atoms with E-state index in [1.165, 1.54) is 17.7 Å². The highest BCUT2D eigenvalue weighted by Gasteiger charge is 2.11. The van der Waals surface area contributed by atoms with Crippen LogP contribution in [0.5, 0.6) is 0 Å². The van der Waals surface area contributed by atoms with E-state index in [0.717, 1.165) is 12.8 Å². The van der Waals surface area contributed by atoms with E-state index in [1.807, 2.05) is 12.1 Å². The van der Waals surface area contributed by atoms with E-state index in [0.29, 0.717) is 15.6 Å². The van der Waals surface area contributed by atoms with Crippen molar-refractivity contribution in [2.75, 3.05) is 0 Å². The largest absolute Gasteiger partial charge is 0.289 e. The van der Waals surface area contributed by atoms with E-state index in [4.69, 9.17) is 0 Å². The van der Waals surface area contributed by atoms with Gasteiger partial charge in [-0.3, -0.25) is 4.79 Å². The van der Waals surface area contributed by atoms with Crippen LogP contribution in [0.1, 0.15) is 34.8 Å². The maximum absolute atomic E-state index is 13.3. The predicted octanol–water partition coefficient (Wildman–Crippen LogP) is 4.77. The Bertz CT molecular complexity index is 570. The molecule has 0 bridgehead atoms. The summed E-state index contributed by atoms with van der Waals surface area (Å²) < 4.78 is 13.9. The van der Waals surface area contributed by atoms with E-state index < -0.39 is 5.82 Å². The average Bonchev–Trinajstić information content (AvgIpc) is 2.38. The number of hydrogen-bond donors (Lipinski definition) is 0. The van der Waals surface area contributed by atoms with Crippen LogP contribution >= 0.6 is 15.9 Å². The first-order valence-corrected chi connectivity index (χ1v) is 6.99. The summed E-state index contributed by atoms with van der Waals surface area (Å²) >= 11 is 3.19. The van der Waals surface area contributed by atoms with Crippen molar-refractivity contribution in [3.63, 3.8) is 0 Å². The molecule has 98 valence electrons. The van der Waals surface area contributed by atoms with Crippen LogP contribution in [0, 0.1) is 5.82 Å². The van der Waals surface area contributed by atoms with Gasteiger partial charge in [0.25, 0.3) is 0 Å². The van der Waals surface area contributed by atoms with Crippen LogP contribution in [0.2, 0.25) is 0 Å². The lowest BCUT2D eigenvalue weighted by molar-refractivity contribution is 0.103. The molecule has 0 heterocycles. The second-order valence-electron chi connectivity index (χ2n) is 4.43. The lowest BCUT2D eigenvalue weighted by atomic mass is 10.0. The first-order valence-electron chi connectivity index (χ1n) is 6.20. The standard InChI is InChI=1S/C16H14BrFO/c1-2-3-11-4-6-12(7-5-11)16(19)13-8-14(17)10-15(18)9-13/h4-10H,2-3H2,1H3. The molecule has 0 amide bonds. The fourth-order valence-electron chi connectivity index (χ4n) is 1.96. The van der Waals surface area contributed by atoms with Crippen molar-refractivity contribution in [2.24, 2.45) is 0 Å². The molecule has 0 spiro atoms. The summed E-state index contributed by atoms with van der Waals surface area (Å²) in [6.07, 6.45) is 2.07. The van der Waals surface area contributed by atoms with Gasteiger partial charge in [0.05, 0.1) is 0 Å². The zero-order chi connectivity index (χ0) is 13.8. The summed E-state index contributed by atoms with van der Waals surface area (Å²) in [6, 6.07) is 11.7. The fourth-order valence-corrected chi connectivity index (χ4v) is 2.43. The van der Waals surface area contributed by atoms with Crippen LogP contribution in [-0.2, 0) is 6.42 Å². The molecule has 0 saturated heterocycles. The minimum atomic E-state index is -0.416. The Morgan fingerprint density at radius 2 is 1.79 bits per heavy atom. The van der Waals surface area contributed by atoms with Crippen LogP contribution in [-0.4, -0.2) is 5.78 Å². The first kappa shape index (κ1) is 13.9. The van der Waals surface area contributed by atoms with Gasteiger partial charge in [-0.05, 0) is 30.2 Å². The van der Waals surface area contributed by atoms with Crippen molar-refractivity contribution in [1.29, 1.82) is 0 Å². The van der Waals surface area contributed by atoms with E-state index in [-0.39, 0.29) is 5.78 Å². The summed E-state index contributed by atoms with van der Waals surface area (Å²) in [6.45, 7) is 2.11. The molecule has 0 fully saturated rings. The third-order valence-electron chi connectivity index (χ3n) is 2.88. The fraction of sp³-hybridized carbons (Fsp3) is 0.188. The molecule has 0 aliphatic carbocycles. The lowest BCUT2D eigenvalue weighted by Crippen LogP contribution is -2.02. The summed E-state index contributed by atoms with van der Waals surface area (Å²) in [5.41, 5.74) is 2.15. The van der Waals surface area contributed by atoms with Gasteiger partial charge in [-0.15, -0.1) is 0 Å². The smallest absolute Gasteiger partial charge is 0.193 e. The number of benzene rings is 2. The van der Waals surface area contributed by atoms with Gasteiger partial charge in [0.15, 0.2) is 5.78 Å². The molecule has 0 aliphatic heterocycles. The molecular formula is C16H14BrFO. The Hall–Kier alpha value is -1.48. The minimum absolute atomic E-state index is 0.164. The maximum atomic E-state index is 13.3. The van der Waals surface area contributed by atoms with Crippen molar-refractivity contribution in [3.05, 3.63) is 69.4 Å². The molecule has 2 aromatic carbocycles. The van der Waals surface area contributed by atoms with Crippen LogP contribution in [0.25, 0.3) is 0 Å². The Kier molecular flexibility index (Phi) is 4.48. The molecule has 0 unspecified atom stereocenters. The van der Waals surface area contributed by atoms with E-state index >= 15 is 0 Å². The molecule has 19 heavy (non-hydrogen) atoms. The van der Waals surface area contributed by atoms with Gasteiger partial charge < -0.3 is 0 Å². The van der Waals surface area contributed by atoms with Gasteiger partial charge in [0.2, 0.25) is 0 Å². The number of carbonyl (C=O) groups excluding carboxylic acids is 1. The van der Waals surface area contributed by atoms with Gasteiger partial charge in [0.1, 0.15) is 5.82 Å². The van der Waals surface area contributed by atoms with Crippen LogP contribution in [0.15, 0.2) is 46.9 Å². The average molecular weight is 321 g/mol. The number of rotatable bonds is 4. The quantitative estimate of drug-likeness (QED) is 0.741. The number of ketones is 1. The Morgan fingerprint density at radius 3 is 2.37 bits per heavy atom. The first-order chi connectivity index (χ1) is 9.10. The summed E-state index contributed by atoms with van der Waals surface area (Å²) in [5, 5.41) is 0. The summed E-state index contributed by atoms with van der Waals surface area (Å²) in [7, 11) is 0. The Labute approximate surface area is 120 Å². The van der Waals surface area contributed by atoms with Crippen molar-refractivity contribution >= 4 is 21.7 Å². The molecule has 3 heteroatoms. The highest BCUT2D eigenvalue weighted by Crippen LogP contribution is 2.18. The Balaban J connectivity index is 2.28. The molecule has 0 saturated carbocycles. The molecule has 0 radical (unpaired) electrons. The maximum Gasteiger partial charge on any atom is 0.193 e. The summed E-state index contributed by atoms with van der Waals surface area (Å²) in [4.78, 5) is 12.2. The molecular weight excluding hydrogens is 307 g/mol. The van der Waals surface area contributed by atoms with Crippen molar-refractivity contribution < 1.29 is 9.18 Å². The normalized spacial score (nSPS) is 10.5. The van der Waals surface area contributed by atoms with E-state index in [2.05, 4.69) is 22.9 Å². The highest BCUT2D eigenvalue weighted by molar-refractivity contribution is 9.10. The number of aryl methyl sites for hydroxylation is 1. The molecule has 0 aliphatic rings. The number of halogens is 2. The summed E-state index contributed by atoms with van der Waals surface area (Å²) in [5.74, 6) is -0.580. The second-order valence-corrected chi connectivity index (χ2v) is 5.35. The van der Waals surface area contributed by atoms with Crippen molar-refractivity contribution in [3.8, 4) is 0 Å². The molecule has 2 rings (SSSR count). The monoisotopic (exact) mass is 320 g/mol. The lowest BCUT2D eigenvalue weighted by Gasteiger charge is -2.04. The van der Waals surface area contributed by atoms with Gasteiger partial charge in [-0.1, -0.05) is 53.5 Å². The van der Waals surface area contributed by atoms with Gasteiger partial charge in [0, 0.05) is 15.6 Å². The SMILES string of the molecule is CCCc1ccc(C(=O)c2cc(F)cc(Br)c2)cc1. The molecule has 0 N–H and O–H groups in total. The third kappa shape index (κ3) is 3.51. The van der Waals surface area contributed by atoms with Crippen molar-refractivity contribution in [2.45, 2.75) is 19.8 Å². The molecule has 2 aromatic rings. The van der Waals surface area contributed by atoms with E-state index in [9.17, 15) is 9.18 Å². The van der Waals surface area contributed by atoms with Crippen LogP contribution < -0.4 is 0 Å². The van der Waals surface area contributed by atoms with Gasteiger partial charge in [-0.25, -0.2) is 4.39 Å². The van der Waals surface area contributed by atoms with Gasteiger partial charge in [-0.2, -0.15) is 0 Å². The molecule has 1 nitrogen and oxygen atoms in total. The highest BCUT2D eigenvalue weighted by atomic mass is 79.9. The predicted molar refractivity (Wildman–Crippen MR) is 78.0 cm³/mol. The molecule has 0 atom stereocenters. The second kappa shape index (κ2) is 6.11. The Morgan fingerprint density at radius 1 is 1.11 bits per heavy atom. The minimum Gasteiger partial charge on any atom is -0.289 e.